The molecule has 1 N–H and O–H groups in total. The normalized spacial score (nSPS) is 15.5. The Hall–Kier alpha value is -4.76. The highest BCUT2D eigenvalue weighted by molar-refractivity contribution is 8.18. The van der Waals surface area contributed by atoms with E-state index in [0.717, 1.165) is 33.0 Å². The molecule has 0 atom stereocenters. The highest BCUT2D eigenvalue weighted by Crippen LogP contribution is 2.37. The summed E-state index contributed by atoms with van der Waals surface area (Å²) in [5, 5.41) is 4.06. The molecule has 6 rings (SSSR count). The molecule has 1 saturated heterocycles. The molecule has 4 aromatic carbocycles. The van der Waals surface area contributed by atoms with Crippen molar-refractivity contribution in [2.24, 2.45) is 0 Å². The van der Waals surface area contributed by atoms with Crippen LogP contribution < -0.4 is 19.5 Å². The molecule has 0 unspecified atom stereocenters. The molecule has 9 heteroatoms. The maximum atomic E-state index is 13.3. The van der Waals surface area contributed by atoms with Crippen molar-refractivity contribution < 1.29 is 28.6 Å². The first-order valence-corrected chi connectivity index (χ1v) is 13.5. The van der Waals surface area contributed by atoms with Crippen LogP contribution in [0.5, 0.6) is 17.2 Å². The highest BCUT2D eigenvalue weighted by atomic mass is 32.2. The Morgan fingerprint density at radius 1 is 0.925 bits per heavy atom. The van der Waals surface area contributed by atoms with Gasteiger partial charge in [-0.25, -0.2) is 0 Å². The number of rotatable bonds is 7. The number of benzene rings is 4. The van der Waals surface area contributed by atoms with Crippen LogP contribution in [-0.4, -0.2) is 41.7 Å². The maximum Gasteiger partial charge on any atom is 0.294 e. The molecule has 1 fully saturated rings. The van der Waals surface area contributed by atoms with Gasteiger partial charge in [0.25, 0.3) is 11.1 Å². The zero-order valence-electron chi connectivity index (χ0n) is 21.3. The lowest BCUT2D eigenvalue weighted by Gasteiger charge is -2.19. The molecular formula is C31H24N2O6S. The van der Waals surface area contributed by atoms with Gasteiger partial charge in [0.15, 0.2) is 11.5 Å². The van der Waals surface area contributed by atoms with Gasteiger partial charge in [0, 0.05) is 17.3 Å². The topological polar surface area (TPSA) is 94.2 Å². The van der Waals surface area contributed by atoms with E-state index in [9.17, 15) is 14.4 Å². The molecule has 8 nitrogen and oxygen atoms in total. The molecule has 0 bridgehead atoms. The van der Waals surface area contributed by atoms with Crippen molar-refractivity contribution in [2.45, 2.75) is 6.61 Å². The van der Waals surface area contributed by atoms with Crippen LogP contribution in [0.4, 0.5) is 10.5 Å². The average Bonchev–Trinajstić information content (AvgIpc) is 3.24. The Balaban J connectivity index is 1.22. The molecule has 2 heterocycles. The fourth-order valence-corrected chi connectivity index (χ4v) is 5.34. The van der Waals surface area contributed by atoms with E-state index in [1.807, 2.05) is 66.7 Å². The van der Waals surface area contributed by atoms with Gasteiger partial charge in [0.2, 0.25) is 5.91 Å². The lowest BCUT2D eigenvalue weighted by atomic mass is 10.0. The summed E-state index contributed by atoms with van der Waals surface area (Å²) in [5.41, 5.74) is 2.18. The number of thioether (sulfide) groups is 1. The Morgan fingerprint density at radius 2 is 1.70 bits per heavy atom. The molecule has 200 valence electrons. The van der Waals surface area contributed by atoms with Crippen LogP contribution in [0.1, 0.15) is 11.1 Å². The number of amides is 3. The van der Waals surface area contributed by atoms with Gasteiger partial charge in [0.1, 0.15) is 32.1 Å². The van der Waals surface area contributed by atoms with E-state index in [1.54, 1.807) is 24.3 Å². The van der Waals surface area contributed by atoms with Crippen molar-refractivity contribution in [3.8, 4) is 17.2 Å². The third-order valence-corrected chi connectivity index (χ3v) is 7.35. The van der Waals surface area contributed by atoms with Crippen molar-refractivity contribution in [1.82, 2.24) is 4.90 Å². The Morgan fingerprint density at radius 3 is 2.55 bits per heavy atom. The third-order valence-electron chi connectivity index (χ3n) is 6.44. The second-order valence-electron chi connectivity index (χ2n) is 9.15. The van der Waals surface area contributed by atoms with Gasteiger partial charge >= 0.3 is 0 Å². The number of imide groups is 1. The van der Waals surface area contributed by atoms with E-state index in [4.69, 9.17) is 14.2 Å². The van der Waals surface area contributed by atoms with Crippen LogP contribution in [0.2, 0.25) is 0 Å². The molecule has 40 heavy (non-hydrogen) atoms. The summed E-state index contributed by atoms with van der Waals surface area (Å²) in [6, 6.07) is 26.4. The SMILES string of the molecule is O=C(CN1C(=O)S/C(=C/c2c(OCc3ccccc3)ccc3ccccc23)C1=O)Nc1ccc2c(c1)OCCO2. The summed E-state index contributed by atoms with van der Waals surface area (Å²) in [5.74, 6) is 0.677. The number of hydrogen-bond acceptors (Lipinski definition) is 7. The summed E-state index contributed by atoms with van der Waals surface area (Å²) >= 11 is 0.802. The summed E-state index contributed by atoms with van der Waals surface area (Å²) in [4.78, 5) is 40.0. The van der Waals surface area contributed by atoms with Gasteiger partial charge in [-0.3, -0.25) is 19.3 Å². The van der Waals surface area contributed by atoms with E-state index < -0.39 is 23.6 Å². The number of anilines is 1. The zero-order valence-corrected chi connectivity index (χ0v) is 22.1. The van der Waals surface area contributed by atoms with E-state index >= 15 is 0 Å². The Kier molecular flexibility index (Phi) is 7.11. The molecule has 0 aliphatic carbocycles. The van der Waals surface area contributed by atoms with E-state index in [-0.39, 0.29) is 4.91 Å². The number of nitrogens with one attached hydrogen (secondary N) is 1. The van der Waals surface area contributed by atoms with Crippen LogP contribution in [-0.2, 0) is 16.2 Å². The van der Waals surface area contributed by atoms with Crippen molar-refractivity contribution in [2.75, 3.05) is 25.1 Å². The first-order chi connectivity index (χ1) is 19.5. The molecule has 0 aromatic heterocycles. The van der Waals surface area contributed by atoms with Crippen molar-refractivity contribution in [3.63, 3.8) is 0 Å². The minimum atomic E-state index is -0.533. The number of nitrogens with zero attached hydrogens (tertiary/aromatic N) is 1. The second-order valence-corrected chi connectivity index (χ2v) is 10.1. The largest absolute Gasteiger partial charge is 0.488 e. The minimum absolute atomic E-state index is 0.220. The van der Waals surface area contributed by atoms with Crippen LogP contribution in [0.25, 0.3) is 16.8 Å². The van der Waals surface area contributed by atoms with Crippen molar-refractivity contribution in [3.05, 3.63) is 101 Å². The Labute approximate surface area is 234 Å². The van der Waals surface area contributed by atoms with Gasteiger partial charge in [-0.05, 0) is 52.4 Å². The molecule has 2 aliphatic rings. The fourth-order valence-electron chi connectivity index (χ4n) is 4.52. The first kappa shape index (κ1) is 25.5. The molecule has 0 spiro atoms. The van der Waals surface area contributed by atoms with Gasteiger partial charge in [-0.15, -0.1) is 0 Å². The first-order valence-electron chi connectivity index (χ1n) is 12.7. The quantitative estimate of drug-likeness (QED) is 0.287. The molecule has 0 radical (unpaired) electrons. The number of carbonyl (C=O) groups is 3. The second kappa shape index (κ2) is 11.2. The summed E-state index contributed by atoms with van der Waals surface area (Å²) < 4.78 is 17.2. The summed E-state index contributed by atoms with van der Waals surface area (Å²) in [6.07, 6.45) is 1.67. The predicted octanol–water partition coefficient (Wildman–Crippen LogP) is 5.87. The molecule has 2 aliphatic heterocycles. The highest BCUT2D eigenvalue weighted by Gasteiger charge is 2.36. The molecule has 3 amide bonds. The van der Waals surface area contributed by atoms with Crippen molar-refractivity contribution >= 4 is 51.4 Å². The lowest BCUT2D eigenvalue weighted by molar-refractivity contribution is -0.127. The van der Waals surface area contributed by atoms with Gasteiger partial charge < -0.3 is 19.5 Å². The minimum Gasteiger partial charge on any atom is -0.488 e. The standard InChI is InChI=1S/C31H24N2O6S/c34-29(32-22-11-13-26-27(16-22)38-15-14-37-26)18-33-30(35)28(40-31(33)36)17-24-23-9-5-4-8-21(23)10-12-25(24)39-19-20-6-2-1-3-7-20/h1-13,16-17H,14-15,18-19H2,(H,32,34)/b28-17+. The fraction of sp³-hybridized carbons (Fsp3) is 0.129. The number of hydrogen-bond donors (Lipinski definition) is 1. The van der Waals surface area contributed by atoms with Crippen LogP contribution in [0.3, 0.4) is 0 Å². The zero-order chi connectivity index (χ0) is 27.5. The molecule has 4 aromatic rings. The van der Waals surface area contributed by atoms with Crippen LogP contribution in [0.15, 0.2) is 89.8 Å². The monoisotopic (exact) mass is 552 g/mol. The summed E-state index contributed by atoms with van der Waals surface area (Å²) in [7, 11) is 0. The summed E-state index contributed by atoms with van der Waals surface area (Å²) in [6.45, 7) is 0.818. The average molecular weight is 553 g/mol. The molecule has 0 saturated carbocycles. The smallest absolute Gasteiger partial charge is 0.294 e. The maximum absolute atomic E-state index is 13.3. The van der Waals surface area contributed by atoms with E-state index in [0.29, 0.717) is 48.3 Å². The Bertz CT molecular complexity index is 1650. The van der Waals surface area contributed by atoms with E-state index in [2.05, 4.69) is 5.32 Å². The van der Waals surface area contributed by atoms with Crippen LogP contribution >= 0.6 is 11.8 Å². The van der Waals surface area contributed by atoms with Crippen LogP contribution in [0, 0.1) is 0 Å². The van der Waals surface area contributed by atoms with Gasteiger partial charge in [0.05, 0.1) is 4.91 Å². The number of fused-ring (bicyclic) bond motifs is 2. The van der Waals surface area contributed by atoms with Gasteiger partial charge in [-0.1, -0.05) is 60.7 Å². The molecular weight excluding hydrogens is 528 g/mol. The number of carbonyl (C=O) groups excluding carboxylic acids is 3. The van der Waals surface area contributed by atoms with Crippen molar-refractivity contribution in [1.29, 1.82) is 0 Å². The third kappa shape index (κ3) is 5.37. The predicted molar refractivity (Wildman–Crippen MR) is 153 cm³/mol. The lowest BCUT2D eigenvalue weighted by Crippen LogP contribution is -2.36. The van der Waals surface area contributed by atoms with E-state index in [1.165, 1.54) is 0 Å². The van der Waals surface area contributed by atoms with Gasteiger partial charge in [-0.2, -0.15) is 0 Å². The number of ether oxygens (including phenoxy) is 3.